The van der Waals surface area contributed by atoms with Crippen molar-refractivity contribution in [2.75, 3.05) is 5.32 Å². The van der Waals surface area contributed by atoms with Gasteiger partial charge in [-0.05, 0) is 17.5 Å². The molecule has 2 atom stereocenters. The SMILES string of the molecule is CC1C=C(c2ccno2)SC1c1ccc(NC(=O)c2c(F)cncc2F)nc1. The van der Waals surface area contributed by atoms with E-state index in [4.69, 9.17) is 4.52 Å². The summed E-state index contributed by atoms with van der Waals surface area (Å²) < 4.78 is 32.5. The number of allylic oxidation sites excluding steroid dienone is 1. The van der Waals surface area contributed by atoms with Gasteiger partial charge in [0, 0.05) is 22.4 Å². The van der Waals surface area contributed by atoms with Gasteiger partial charge in [-0.2, -0.15) is 0 Å². The van der Waals surface area contributed by atoms with Gasteiger partial charge in [0.25, 0.3) is 5.91 Å². The Morgan fingerprint density at radius 1 is 1.18 bits per heavy atom. The monoisotopic (exact) mass is 400 g/mol. The van der Waals surface area contributed by atoms with Crippen molar-refractivity contribution in [2.24, 2.45) is 5.92 Å². The molecule has 1 N–H and O–H groups in total. The van der Waals surface area contributed by atoms with Crippen LogP contribution in [-0.2, 0) is 0 Å². The van der Waals surface area contributed by atoms with Gasteiger partial charge in [0.2, 0.25) is 0 Å². The Morgan fingerprint density at radius 2 is 1.96 bits per heavy atom. The van der Waals surface area contributed by atoms with Crippen LogP contribution in [0.25, 0.3) is 4.91 Å². The van der Waals surface area contributed by atoms with Crippen LogP contribution in [0.5, 0.6) is 0 Å². The molecule has 0 aromatic carbocycles. The number of halogens is 2. The van der Waals surface area contributed by atoms with Gasteiger partial charge in [0.05, 0.1) is 18.6 Å². The number of anilines is 1. The van der Waals surface area contributed by atoms with Crippen molar-refractivity contribution in [3.05, 3.63) is 77.6 Å². The lowest BCUT2D eigenvalue weighted by atomic mass is 10.0. The quantitative estimate of drug-likeness (QED) is 0.696. The van der Waals surface area contributed by atoms with Gasteiger partial charge in [-0.1, -0.05) is 24.2 Å². The number of nitrogens with one attached hydrogen (secondary N) is 1. The van der Waals surface area contributed by atoms with E-state index in [0.717, 1.165) is 28.6 Å². The summed E-state index contributed by atoms with van der Waals surface area (Å²) in [4.78, 5) is 20.7. The number of aromatic nitrogens is 3. The minimum atomic E-state index is -1.03. The molecule has 2 unspecified atom stereocenters. The summed E-state index contributed by atoms with van der Waals surface area (Å²) >= 11 is 1.64. The van der Waals surface area contributed by atoms with E-state index >= 15 is 0 Å². The second-order valence-corrected chi connectivity index (χ2v) is 7.40. The molecule has 3 aromatic rings. The number of nitrogens with zero attached hydrogens (tertiary/aromatic N) is 3. The highest BCUT2D eigenvalue weighted by atomic mass is 32.2. The molecular weight excluding hydrogens is 386 g/mol. The van der Waals surface area contributed by atoms with E-state index in [1.54, 1.807) is 30.2 Å². The Labute approximate surface area is 163 Å². The first-order chi connectivity index (χ1) is 13.5. The lowest BCUT2D eigenvalue weighted by Crippen LogP contribution is -2.17. The zero-order valence-corrected chi connectivity index (χ0v) is 15.4. The normalized spacial score (nSPS) is 18.8. The fraction of sp³-hybridized carbons (Fsp3) is 0.158. The Morgan fingerprint density at radius 3 is 2.61 bits per heavy atom. The first-order valence-corrected chi connectivity index (χ1v) is 9.26. The van der Waals surface area contributed by atoms with Crippen LogP contribution in [0.3, 0.4) is 0 Å². The molecule has 1 aliphatic heterocycles. The molecule has 4 heterocycles. The molecule has 4 rings (SSSR count). The largest absolute Gasteiger partial charge is 0.356 e. The molecule has 0 radical (unpaired) electrons. The van der Waals surface area contributed by atoms with E-state index in [-0.39, 0.29) is 17.0 Å². The second kappa shape index (κ2) is 7.51. The van der Waals surface area contributed by atoms with Crippen LogP contribution < -0.4 is 5.32 Å². The van der Waals surface area contributed by atoms with Gasteiger partial charge in [0.15, 0.2) is 17.4 Å². The van der Waals surface area contributed by atoms with Gasteiger partial charge in [-0.3, -0.25) is 9.78 Å². The van der Waals surface area contributed by atoms with E-state index in [0.29, 0.717) is 0 Å². The standard InChI is InChI=1S/C19H14F2N4O2S/c1-10-6-15(14-4-5-24-27-14)28-18(10)11-2-3-16(23-7-11)25-19(26)17-12(20)8-22-9-13(17)21/h2-10,18H,1H3,(H,23,25,26). The molecule has 0 saturated carbocycles. The van der Waals surface area contributed by atoms with Crippen molar-refractivity contribution in [1.82, 2.24) is 15.1 Å². The third-order valence-electron chi connectivity index (χ3n) is 4.26. The van der Waals surface area contributed by atoms with Crippen LogP contribution in [0.1, 0.15) is 33.9 Å². The molecule has 0 aliphatic carbocycles. The number of pyridine rings is 2. The highest BCUT2D eigenvalue weighted by Crippen LogP contribution is 2.51. The number of carbonyl (C=O) groups is 1. The number of rotatable bonds is 4. The fourth-order valence-corrected chi connectivity index (χ4v) is 4.28. The van der Waals surface area contributed by atoms with Crippen molar-refractivity contribution >= 4 is 28.4 Å². The van der Waals surface area contributed by atoms with E-state index in [2.05, 4.69) is 33.4 Å². The van der Waals surface area contributed by atoms with E-state index in [1.165, 1.54) is 0 Å². The smallest absolute Gasteiger partial charge is 0.262 e. The predicted octanol–water partition coefficient (Wildman–Crippen LogP) is 4.46. The molecule has 1 amide bonds. The number of hydrogen-bond acceptors (Lipinski definition) is 6. The maximum absolute atomic E-state index is 13.7. The number of hydrogen-bond donors (Lipinski definition) is 1. The number of carbonyl (C=O) groups excluding carboxylic acids is 1. The van der Waals surface area contributed by atoms with Crippen LogP contribution in [0, 0.1) is 17.6 Å². The summed E-state index contributed by atoms with van der Waals surface area (Å²) in [5.74, 6) is -1.82. The summed E-state index contributed by atoms with van der Waals surface area (Å²) in [5.41, 5.74) is 0.268. The average molecular weight is 400 g/mol. The fourth-order valence-electron chi connectivity index (χ4n) is 2.92. The Kier molecular flexibility index (Phi) is 4.91. The zero-order chi connectivity index (χ0) is 19.7. The second-order valence-electron chi connectivity index (χ2n) is 6.21. The Hall–Kier alpha value is -3.07. The topological polar surface area (TPSA) is 80.9 Å². The third kappa shape index (κ3) is 3.53. The maximum atomic E-state index is 13.7. The number of amides is 1. The minimum absolute atomic E-state index is 0.132. The highest BCUT2D eigenvalue weighted by Gasteiger charge is 2.29. The molecule has 1 aliphatic rings. The maximum Gasteiger partial charge on any atom is 0.262 e. The van der Waals surface area contributed by atoms with E-state index in [9.17, 15) is 13.6 Å². The molecule has 3 aromatic heterocycles. The molecule has 0 spiro atoms. The van der Waals surface area contributed by atoms with Crippen molar-refractivity contribution in [3.63, 3.8) is 0 Å². The first kappa shape index (κ1) is 18.3. The summed E-state index contributed by atoms with van der Waals surface area (Å²) in [5, 5.41) is 6.26. The molecule has 0 fully saturated rings. The Balaban J connectivity index is 1.47. The van der Waals surface area contributed by atoms with Crippen molar-refractivity contribution in [1.29, 1.82) is 0 Å². The molecule has 9 heteroatoms. The lowest BCUT2D eigenvalue weighted by molar-refractivity contribution is 0.101. The first-order valence-electron chi connectivity index (χ1n) is 8.39. The van der Waals surface area contributed by atoms with Gasteiger partial charge >= 0.3 is 0 Å². The van der Waals surface area contributed by atoms with Crippen LogP contribution in [0.15, 0.2) is 53.6 Å². The average Bonchev–Trinajstić information content (AvgIpc) is 3.32. The van der Waals surface area contributed by atoms with Gasteiger partial charge in [0.1, 0.15) is 11.4 Å². The van der Waals surface area contributed by atoms with Crippen LogP contribution in [-0.4, -0.2) is 21.0 Å². The van der Waals surface area contributed by atoms with Gasteiger partial charge < -0.3 is 9.84 Å². The van der Waals surface area contributed by atoms with Crippen LogP contribution in [0.2, 0.25) is 0 Å². The minimum Gasteiger partial charge on any atom is -0.356 e. The number of thioether (sulfide) groups is 1. The summed E-state index contributed by atoms with van der Waals surface area (Å²) in [6, 6.07) is 5.24. The van der Waals surface area contributed by atoms with Crippen molar-refractivity contribution < 1.29 is 18.1 Å². The lowest BCUT2D eigenvalue weighted by Gasteiger charge is -2.15. The highest BCUT2D eigenvalue weighted by molar-refractivity contribution is 8.08. The van der Waals surface area contributed by atoms with E-state index < -0.39 is 23.1 Å². The molecule has 142 valence electrons. The molecule has 0 bridgehead atoms. The molecule has 28 heavy (non-hydrogen) atoms. The molecular formula is C19H14F2N4O2S. The van der Waals surface area contributed by atoms with Crippen molar-refractivity contribution in [2.45, 2.75) is 12.2 Å². The Bertz CT molecular complexity index is 1020. The van der Waals surface area contributed by atoms with Crippen LogP contribution in [0.4, 0.5) is 14.6 Å². The van der Waals surface area contributed by atoms with E-state index in [1.807, 2.05) is 12.1 Å². The molecule has 6 nitrogen and oxygen atoms in total. The van der Waals surface area contributed by atoms with Crippen molar-refractivity contribution in [3.8, 4) is 0 Å². The summed E-state index contributed by atoms with van der Waals surface area (Å²) in [6.07, 6.45) is 6.92. The summed E-state index contributed by atoms with van der Waals surface area (Å²) in [7, 11) is 0. The summed E-state index contributed by atoms with van der Waals surface area (Å²) in [6.45, 7) is 2.09. The van der Waals surface area contributed by atoms with Gasteiger partial charge in [-0.25, -0.2) is 13.8 Å². The van der Waals surface area contributed by atoms with Gasteiger partial charge in [-0.15, -0.1) is 11.8 Å². The van der Waals surface area contributed by atoms with Crippen LogP contribution >= 0.6 is 11.8 Å². The predicted molar refractivity (Wildman–Crippen MR) is 100 cm³/mol. The zero-order valence-electron chi connectivity index (χ0n) is 14.6. The third-order valence-corrected chi connectivity index (χ3v) is 5.81. The molecule has 0 saturated heterocycles.